The number of fused-ring (bicyclic) bond motifs is 1. The highest BCUT2D eigenvalue weighted by molar-refractivity contribution is 5.49. The normalized spacial score (nSPS) is 20.6. The Morgan fingerprint density at radius 2 is 1.94 bits per heavy atom. The zero-order valence-electron chi connectivity index (χ0n) is 9.95. The van der Waals surface area contributed by atoms with Gasteiger partial charge >= 0.3 is 0 Å². The summed E-state index contributed by atoms with van der Waals surface area (Å²) in [6.07, 6.45) is 0.728. The molecule has 1 aromatic rings. The minimum atomic E-state index is -0.0479. The largest absolute Gasteiger partial charge is 0.504 e. The van der Waals surface area contributed by atoms with Crippen LogP contribution in [0.5, 0.6) is 11.5 Å². The summed E-state index contributed by atoms with van der Waals surface area (Å²) in [6.45, 7) is 6.85. The van der Waals surface area contributed by atoms with Crippen LogP contribution < -0.4 is 0 Å². The first kappa shape index (κ1) is 11.3. The number of rotatable bonds is 0. The first-order chi connectivity index (χ1) is 7.39. The average molecular weight is 222 g/mol. The molecule has 0 spiro atoms. The molecule has 1 aromatic carbocycles. The van der Waals surface area contributed by atoms with Crippen LogP contribution in [0.4, 0.5) is 0 Å². The van der Waals surface area contributed by atoms with E-state index in [0.717, 1.165) is 11.1 Å². The highest BCUT2D eigenvalue weighted by Crippen LogP contribution is 2.38. The Hall–Kier alpha value is -1.22. The van der Waals surface area contributed by atoms with E-state index in [0.29, 0.717) is 13.0 Å². The fourth-order valence-electron chi connectivity index (χ4n) is 2.02. The second kappa shape index (κ2) is 3.67. The van der Waals surface area contributed by atoms with Crippen LogP contribution in [-0.2, 0) is 17.8 Å². The SMILES string of the molecule is CC(C)(C)[C@H]1Cc2c(ccc(O)c2O)CO1. The van der Waals surface area contributed by atoms with E-state index in [1.165, 1.54) is 6.07 Å². The predicted octanol–water partition coefficient (Wildman–Crippen LogP) is 2.59. The lowest BCUT2D eigenvalue weighted by atomic mass is 9.82. The van der Waals surface area contributed by atoms with Gasteiger partial charge in [-0.15, -0.1) is 0 Å². The molecule has 88 valence electrons. The van der Waals surface area contributed by atoms with Crippen molar-refractivity contribution in [2.24, 2.45) is 5.41 Å². The van der Waals surface area contributed by atoms with E-state index in [9.17, 15) is 10.2 Å². The number of benzene rings is 1. The molecule has 2 N–H and O–H groups in total. The van der Waals surface area contributed by atoms with Gasteiger partial charge in [0.25, 0.3) is 0 Å². The van der Waals surface area contributed by atoms with Gasteiger partial charge in [-0.3, -0.25) is 0 Å². The molecule has 0 radical (unpaired) electrons. The smallest absolute Gasteiger partial charge is 0.161 e. The maximum Gasteiger partial charge on any atom is 0.161 e. The molecule has 0 fully saturated rings. The van der Waals surface area contributed by atoms with Crippen molar-refractivity contribution in [3.8, 4) is 11.5 Å². The van der Waals surface area contributed by atoms with E-state index in [2.05, 4.69) is 20.8 Å². The molecule has 1 heterocycles. The summed E-state index contributed by atoms with van der Waals surface area (Å²) < 4.78 is 5.77. The highest BCUT2D eigenvalue weighted by Gasteiger charge is 2.31. The molecule has 0 unspecified atom stereocenters. The molecule has 3 nitrogen and oxygen atoms in total. The minimum absolute atomic E-state index is 0.00931. The first-order valence-electron chi connectivity index (χ1n) is 5.54. The highest BCUT2D eigenvalue weighted by atomic mass is 16.5. The zero-order chi connectivity index (χ0) is 11.9. The second-order valence-electron chi connectivity index (χ2n) is 5.44. The summed E-state index contributed by atoms with van der Waals surface area (Å²) in [5.74, 6) is -0.0386. The Morgan fingerprint density at radius 1 is 1.25 bits per heavy atom. The number of phenols is 2. The van der Waals surface area contributed by atoms with E-state index in [-0.39, 0.29) is 23.0 Å². The van der Waals surface area contributed by atoms with Crippen molar-refractivity contribution in [3.05, 3.63) is 23.3 Å². The van der Waals surface area contributed by atoms with Crippen LogP contribution in [-0.4, -0.2) is 16.3 Å². The number of phenolic OH excluding ortho intramolecular Hbond substituents is 2. The number of aromatic hydroxyl groups is 2. The molecule has 0 amide bonds. The van der Waals surface area contributed by atoms with E-state index < -0.39 is 0 Å². The third kappa shape index (κ3) is 1.87. The molecule has 16 heavy (non-hydrogen) atoms. The summed E-state index contributed by atoms with van der Waals surface area (Å²) in [5.41, 5.74) is 1.83. The summed E-state index contributed by atoms with van der Waals surface area (Å²) in [7, 11) is 0. The van der Waals surface area contributed by atoms with Crippen LogP contribution in [0.2, 0.25) is 0 Å². The molecular weight excluding hydrogens is 204 g/mol. The lowest BCUT2D eigenvalue weighted by Gasteiger charge is -2.35. The summed E-state index contributed by atoms with van der Waals surface area (Å²) in [6, 6.07) is 3.32. The van der Waals surface area contributed by atoms with Crippen LogP contribution in [0.1, 0.15) is 31.9 Å². The van der Waals surface area contributed by atoms with Crippen molar-refractivity contribution in [2.45, 2.75) is 39.9 Å². The summed E-state index contributed by atoms with van der Waals surface area (Å²) in [4.78, 5) is 0. The quantitative estimate of drug-likeness (QED) is 0.663. The molecule has 0 aliphatic carbocycles. The predicted molar refractivity (Wildman–Crippen MR) is 61.5 cm³/mol. The van der Waals surface area contributed by atoms with E-state index in [1.54, 1.807) is 0 Å². The summed E-state index contributed by atoms with van der Waals surface area (Å²) >= 11 is 0. The first-order valence-corrected chi connectivity index (χ1v) is 5.54. The Bertz CT molecular complexity index is 404. The molecule has 3 heteroatoms. The van der Waals surface area contributed by atoms with Gasteiger partial charge in [0, 0.05) is 12.0 Å². The monoisotopic (exact) mass is 222 g/mol. The molecule has 0 saturated heterocycles. The van der Waals surface area contributed by atoms with Crippen molar-refractivity contribution < 1.29 is 14.9 Å². The third-order valence-corrected chi connectivity index (χ3v) is 3.15. The molecule has 1 aliphatic heterocycles. The topological polar surface area (TPSA) is 49.7 Å². The lowest BCUT2D eigenvalue weighted by molar-refractivity contribution is -0.0380. The minimum Gasteiger partial charge on any atom is -0.504 e. The number of hydrogen-bond acceptors (Lipinski definition) is 3. The van der Waals surface area contributed by atoms with E-state index in [4.69, 9.17) is 4.74 Å². The van der Waals surface area contributed by atoms with Crippen LogP contribution >= 0.6 is 0 Å². The fourth-order valence-corrected chi connectivity index (χ4v) is 2.02. The number of ether oxygens (including phenoxy) is 1. The van der Waals surface area contributed by atoms with Crippen molar-refractivity contribution in [1.82, 2.24) is 0 Å². The molecular formula is C13H18O3. The average Bonchev–Trinajstić information content (AvgIpc) is 2.22. The molecule has 2 rings (SSSR count). The van der Waals surface area contributed by atoms with Gasteiger partial charge in [0.2, 0.25) is 0 Å². The second-order valence-corrected chi connectivity index (χ2v) is 5.44. The van der Waals surface area contributed by atoms with Crippen molar-refractivity contribution in [3.63, 3.8) is 0 Å². The van der Waals surface area contributed by atoms with Crippen LogP contribution in [0.25, 0.3) is 0 Å². The van der Waals surface area contributed by atoms with Crippen molar-refractivity contribution in [1.29, 1.82) is 0 Å². The lowest BCUT2D eigenvalue weighted by Crippen LogP contribution is -2.34. The van der Waals surface area contributed by atoms with Crippen LogP contribution in [0.15, 0.2) is 12.1 Å². The van der Waals surface area contributed by atoms with E-state index in [1.807, 2.05) is 6.07 Å². The number of hydrogen-bond donors (Lipinski definition) is 2. The summed E-state index contributed by atoms with van der Waals surface area (Å²) in [5, 5.41) is 19.3. The molecule has 0 aromatic heterocycles. The van der Waals surface area contributed by atoms with Gasteiger partial charge in [0.05, 0.1) is 12.7 Å². The third-order valence-electron chi connectivity index (χ3n) is 3.15. The van der Waals surface area contributed by atoms with Crippen LogP contribution in [0.3, 0.4) is 0 Å². The Balaban J connectivity index is 2.36. The molecule has 1 aliphatic rings. The van der Waals surface area contributed by atoms with Crippen molar-refractivity contribution in [2.75, 3.05) is 0 Å². The van der Waals surface area contributed by atoms with Gasteiger partial charge < -0.3 is 14.9 Å². The maximum absolute atomic E-state index is 9.82. The maximum atomic E-state index is 9.82. The van der Waals surface area contributed by atoms with Gasteiger partial charge in [0.1, 0.15) is 0 Å². The van der Waals surface area contributed by atoms with Crippen LogP contribution in [0, 0.1) is 5.41 Å². The molecule has 1 atom stereocenters. The molecule has 0 saturated carbocycles. The molecule has 0 bridgehead atoms. The van der Waals surface area contributed by atoms with Gasteiger partial charge in [-0.25, -0.2) is 0 Å². The van der Waals surface area contributed by atoms with Gasteiger partial charge in [0.15, 0.2) is 11.5 Å². The van der Waals surface area contributed by atoms with E-state index >= 15 is 0 Å². The Kier molecular flexibility index (Phi) is 2.58. The van der Waals surface area contributed by atoms with Gasteiger partial charge in [-0.1, -0.05) is 26.8 Å². The zero-order valence-corrected chi connectivity index (χ0v) is 9.95. The standard InChI is InChI=1S/C13H18O3/c1-13(2,3)11-6-9-8(7-16-11)4-5-10(14)12(9)15/h4-5,11,14-15H,6-7H2,1-3H3/t11-/m1/s1. The fraction of sp³-hybridized carbons (Fsp3) is 0.538. The van der Waals surface area contributed by atoms with Crippen molar-refractivity contribution >= 4 is 0 Å². The Labute approximate surface area is 95.7 Å². The van der Waals surface area contributed by atoms with Gasteiger partial charge in [-0.05, 0) is 17.0 Å². The van der Waals surface area contributed by atoms with Gasteiger partial charge in [-0.2, -0.15) is 0 Å². The Morgan fingerprint density at radius 3 is 2.56 bits per heavy atom.